The summed E-state index contributed by atoms with van der Waals surface area (Å²) in [5.74, 6) is 0. The van der Waals surface area contributed by atoms with Gasteiger partial charge in [0.2, 0.25) is 0 Å². The first-order valence-electron chi connectivity index (χ1n) is 5.86. The molecule has 0 aliphatic heterocycles. The minimum Gasteiger partial charge on any atom is -0.319 e. The lowest BCUT2D eigenvalue weighted by Crippen LogP contribution is -2.17. The van der Waals surface area contributed by atoms with E-state index in [4.69, 9.17) is 4.99 Å². The number of nitrogens with zero attached hydrogens (tertiary/aromatic N) is 2. The Morgan fingerprint density at radius 2 is 1.76 bits per heavy atom. The van der Waals surface area contributed by atoms with E-state index in [-0.39, 0.29) is 0 Å². The van der Waals surface area contributed by atoms with Crippen LogP contribution in [-0.4, -0.2) is 4.57 Å². The standard InChI is InChI=1S/C14H18N2S/c1-10(2)16-12(4)9-17-14(16)15-13-7-5-11(3)6-8-13/h5-10H,1-4H3. The fourth-order valence-electron chi connectivity index (χ4n) is 1.84. The number of hydrogen-bond acceptors (Lipinski definition) is 2. The Hall–Kier alpha value is -1.35. The van der Waals surface area contributed by atoms with Gasteiger partial charge in [0.25, 0.3) is 0 Å². The minimum atomic E-state index is 0.449. The normalized spacial score (nSPS) is 12.4. The number of rotatable bonds is 2. The van der Waals surface area contributed by atoms with Gasteiger partial charge in [0.05, 0.1) is 5.69 Å². The van der Waals surface area contributed by atoms with E-state index in [0.29, 0.717) is 6.04 Å². The predicted molar refractivity (Wildman–Crippen MR) is 73.8 cm³/mol. The molecule has 0 fully saturated rings. The number of hydrogen-bond donors (Lipinski definition) is 0. The van der Waals surface area contributed by atoms with E-state index in [2.05, 4.69) is 61.9 Å². The van der Waals surface area contributed by atoms with Crippen LogP contribution in [0.25, 0.3) is 0 Å². The van der Waals surface area contributed by atoms with E-state index in [0.717, 1.165) is 10.5 Å². The van der Waals surface area contributed by atoms with Gasteiger partial charge in [-0.2, -0.15) is 0 Å². The van der Waals surface area contributed by atoms with Crippen LogP contribution in [0.1, 0.15) is 31.1 Å². The van der Waals surface area contributed by atoms with Crippen LogP contribution >= 0.6 is 11.3 Å². The lowest BCUT2D eigenvalue weighted by Gasteiger charge is -2.09. The maximum atomic E-state index is 4.71. The zero-order valence-corrected chi connectivity index (χ0v) is 11.6. The molecule has 1 heterocycles. The lowest BCUT2D eigenvalue weighted by atomic mass is 10.2. The summed E-state index contributed by atoms with van der Waals surface area (Å²) >= 11 is 1.70. The molecular formula is C14H18N2S. The van der Waals surface area contributed by atoms with Crippen LogP contribution in [0.2, 0.25) is 0 Å². The molecule has 0 unspecified atom stereocenters. The Morgan fingerprint density at radius 1 is 1.12 bits per heavy atom. The second-order valence-electron chi connectivity index (χ2n) is 4.57. The van der Waals surface area contributed by atoms with Crippen molar-refractivity contribution < 1.29 is 0 Å². The number of benzene rings is 1. The number of aromatic nitrogens is 1. The molecule has 1 aromatic carbocycles. The van der Waals surface area contributed by atoms with E-state index in [1.54, 1.807) is 11.3 Å². The van der Waals surface area contributed by atoms with Crippen molar-refractivity contribution in [1.29, 1.82) is 0 Å². The van der Waals surface area contributed by atoms with Crippen molar-refractivity contribution in [1.82, 2.24) is 4.57 Å². The summed E-state index contributed by atoms with van der Waals surface area (Å²) in [6, 6.07) is 8.77. The third kappa shape index (κ3) is 2.67. The first-order chi connectivity index (χ1) is 8.08. The van der Waals surface area contributed by atoms with Gasteiger partial charge in [-0.1, -0.05) is 17.7 Å². The van der Waals surface area contributed by atoms with Crippen LogP contribution < -0.4 is 4.80 Å². The molecule has 2 rings (SSSR count). The summed E-state index contributed by atoms with van der Waals surface area (Å²) < 4.78 is 2.27. The van der Waals surface area contributed by atoms with E-state index in [1.165, 1.54) is 11.3 Å². The first-order valence-corrected chi connectivity index (χ1v) is 6.74. The molecule has 0 spiro atoms. The van der Waals surface area contributed by atoms with Crippen molar-refractivity contribution in [2.75, 3.05) is 0 Å². The predicted octanol–water partition coefficient (Wildman–Crippen LogP) is 3.98. The van der Waals surface area contributed by atoms with Gasteiger partial charge in [0.15, 0.2) is 4.80 Å². The van der Waals surface area contributed by atoms with Crippen LogP contribution in [-0.2, 0) is 0 Å². The highest BCUT2D eigenvalue weighted by atomic mass is 32.1. The van der Waals surface area contributed by atoms with Crippen molar-refractivity contribution in [2.45, 2.75) is 33.7 Å². The largest absolute Gasteiger partial charge is 0.319 e. The quantitative estimate of drug-likeness (QED) is 0.762. The summed E-state index contributed by atoms with van der Waals surface area (Å²) in [6.45, 7) is 8.60. The van der Waals surface area contributed by atoms with Gasteiger partial charge >= 0.3 is 0 Å². The molecule has 0 saturated heterocycles. The van der Waals surface area contributed by atoms with Gasteiger partial charge in [0.1, 0.15) is 0 Å². The summed E-state index contributed by atoms with van der Waals surface area (Å²) in [5, 5.41) is 2.16. The van der Waals surface area contributed by atoms with Crippen LogP contribution in [0, 0.1) is 13.8 Å². The monoisotopic (exact) mass is 246 g/mol. The SMILES string of the molecule is Cc1ccc(N=c2scc(C)n2C(C)C)cc1. The van der Waals surface area contributed by atoms with Gasteiger partial charge in [0, 0.05) is 17.1 Å². The third-order valence-corrected chi connectivity index (χ3v) is 3.65. The van der Waals surface area contributed by atoms with Crippen molar-refractivity contribution in [2.24, 2.45) is 4.99 Å². The Morgan fingerprint density at radius 3 is 2.35 bits per heavy atom. The van der Waals surface area contributed by atoms with Crippen LogP contribution in [0.3, 0.4) is 0 Å². The smallest absolute Gasteiger partial charge is 0.190 e. The maximum absolute atomic E-state index is 4.71. The van der Waals surface area contributed by atoms with Crippen molar-refractivity contribution >= 4 is 17.0 Å². The van der Waals surface area contributed by atoms with E-state index < -0.39 is 0 Å². The Bertz CT molecular complexity index is 559. The lowest BCUT2D eigenvalue weighted by molar-refractivity contribution is 0.570. The molecule has 17 heavy (non-hydrogen) atoms. The molecule has 2 nitrogen and oxygen atoms in total. The van der Waals surface area contributed by atoms with Crippen LogP contribution in [0.15, 0.2) is 34.6 Å². The molecule has 0 radical (unpaired) electrons. The number of thiazole rings is 1. The molecule has 0 aliphatic carbocycles. The Balaban J connectivity index is 2.50. The fourth-order valence-corrected chi connectivity index (χ4v) is 2.86. The molecular weight excluding hydrogens is 228 g/mol. The van der Waals surface area contributed by atoms with E-state index >= 15 is 0 Å². The van der Waals surface area contributed by atoms with Crippen molar-refractivity contribution in [3.05, 3.63) is 45.7 Å². The first kappa shape index (κ1) is 12.1. The fraction of sp³-hybridized carbons (Fsp3) is 0.357. The highest BCUT2D eigenvalue weighted by Gasteiger charge is 2.04. The maximum Gasteiger partial charge on any atom is 0.190 e. The average molecular weight is 246 g/mol. The summed E-state index contributed by atoms with van der Waals surface area (Å²) in [6.07, 6.45) is 0. The molecule has 90 valence electrons. The topological polar surface area (TPSA) is 17.3 Å². The average Bonchev–Trinajstić information content (AvgIpc) is 2.63. The van der Waals surface area contributed by atoms with Gasteiger partial charge < -0.3 is 4.57 Å². The van der Waals surface area contributed by atoms with E-state index in [9.17, 15) is 0 Å². The van der Waals surface area contributed by atoms with E-state index in [1.807, 2.05) is 0 Å². The second kappa shape index (κ2) is 4.88. The van der Waals surface area contributed by atoms with Gasteiger partial charge in [-0.15, -0.1) is 11.3 Å². The zero-order valence-electron chi connectivity index (χ0n) is 10.8. The second-order valence-corrected chi connectivity index (χ2v) is 5.41. The molecule has 0 bridgehead atoms. The van der Waals surface area contributed by atoms with Crippen LogP contribution in [0.4, 0.5) is 5.69 Å². The van der Waals surface area contributed by atoms with Gasteiger partial charge in [-0.05, 0) is 39.8 Å². The van der Waals surface area contributed by atoms with Crippen molar-refractivity contribution in [3.8, 4) is 0 Å². The minimum absolute atomic E-state index is 0.449. The van der Waals surface area contributed by atoms with Gasteiger partial charge in [-0.3, -0.25) is 0 Å². The van der Waals surface area contributed by atoms with Gasteiger partial charge in [-0.25, -0.2) is 4.99 Å². The zero-order chi connectivity index (χ0) is 12.4. The molecule has 0 saturated carbocycles. The Labute approximate surface area is 106 Å². The van der Waals surface area contributed by atoms with Crippen molar-refractivity contribution in [3.63, 3.8) is 0 Å². The summed E-state index contributed by atoms with van der Waals surface area (Å²) in [5.41, 5.74) is 3.56. The highest BCUT2D eigenvalue weighted by molar-refractivity contribution is 7.07. The molecule has 2 aromatic rings. The number of aryl methyl sites for hydroxylation is 2. The molecule has 3 heteroatoms. The highest BCUT2D eigenvalue weighted by Crippen LogP contribution is 2.14. The summed E-state index contributed by atoms with van der Waals surface area (Å²) in [7, 11) is 0. The van der Waals surface area contributed by atoms with Crippen LogP contribution in [0.5, 0.6) is 0 Å². The molecule has 0 amide bonds. The molecule has 0 atom stereocenters. The molecule has 0 aliphatic rings. The molecule has 1 aromatic heterocycles. The summed E-state index contributed by atoms with van der Waals surface area (Å²) in [4.78, 5) is 5.78. The third-order valence-electron chi connectivity index (χ3n) is 2.70. The molecule has 0 N–H and O–H groups in total. The Kier molecular flexibility index (Phi) is 3.48.